The molecule has 0 aromatic heterocycles. The summed E-state index contributed by atoms with van der Waals surface area (Å²) in [5, 5.41) is 3.34. The Balaban J connectivity index is 2.94. The number of rotatable bonds is 1. The van der Waals surface area contributed by atoms with E-state index in [1.165, 1.54) is 16.8 Å². The van der Waals surface area contributed by atoms with Gasteiger partial charge in [-0.1, -0.05) is 12.2 Å². The van der Waals surface area contributed by atoms with Crippen LogP contribution in [-0.4, -0.2) is 6.54 Å². The molecule has 0 bridgehead atoms. The van der Waals surface area contributed by atoms with E-state index >= 15 is 0 Å². The van der Waals surface area contributed by atoms with Crippen molar-refractivity contribution in [1.82, 2.24) is 5.32 Å². The Bertz CT molecular complexity index is 295. The average Bonchev–Trinajstić information content (AvgIpc) is 2.48. The molecule has 70 valence electrons. The fraction of sp³-hybridized carbons (Fsp3) is 0.417. The van der Waals surface area contributed by atoms with Gasteiger partial charge in [0.2, 0.25) is 0 Å². The number of hydrogen-bond donors (Lipinski definition) is 1. The molecule has 0 radical (unpaired) electrons. The molecule has 1 aliphatic heterocycles. The minimum Gasteiger partial charge on any atom is -0.384 e. The highest BCUT2D eigenvalue weighted by atomic mass is 14.9. The Morgan fingerprint density at radius 1 is 1.46 bits per heavy atom. The lowest BCUT2D eigenvalue weighted by Crippen LogP contribution is -2.03. The Morgan fingerprint density at radius 3 is 2.85 bits per heavy atom. The molecule has 0 aromatic rings. The van der Waals surface area contributed by atoms with Crippen molar-refractivity contribution in [2.45, 2.75) is 27.2 Å². The standard InChI is InChI=1S/C12H17N/c1-4-5-6-12-11(7-8-13-12)9-10(2)3/h4-6,13H,7-8H2,1-3H3/b5-4-,12-6+. The molecule has 0 amide bonds. The van der Waals surface area contributed by atoms with Gasteiger partial charge in [0.05, 0.1) is 0 Å². The van der Waals surface area contributed by atoms with Crippen molar-refractivity contribution < 1.29 is 0 Å². The van der Waals surface area contributed by atoms with Crippen LogP contribution in [0, 0.1) is 0 Å². The number of nitrogens with one attached hydrogen (secondary N) is 1. The second-order valence-corrected chi connectivity index (χ2v) is 3.39. The average molecular weight is 175 g/mol. The molecule has 1 heterocycles. The fourth-order valence-corrected chi connectivity index (χ4v) is 1.35. The largest absolute Gasteiger partial charge is 0.384 e. The van der Waals surface area contributed by atoms with E-state index in [0.29, 0.717) is 0 Å². The molecule has 0 spiro atoms. The molecule has 0 aliphatic carbocycles. The second-order valence-electron chi connectivity index (χ2n) is 3.39. The van der Waals surface area contributed by atoms with Crippen LogP contribution < -0.4 is 5.32 Å². The van der Waals surface area contributed by atoms with Crippen LogP contribution in [0.1, 0.15) is 27.2 Å². The molecule has 1 rings (SSSR count). The molecular formula is C12H17N. The third kappa shape index (κ3) is 2.96. The Kier molecular flexibility index (Phi) is 3.60. The van der Waals surface area contributed by atoms with Gasteiger partial charge in [-0.2, -0.15) is 0 Å². The molecule has 1 N–H and O–H groups in total. The molecule has 1 aliphatic rings. The molecule has 1 saturated heterocycles. The van der Waals surface area contributed by atoms with Crippen molar-refractivity contribution in [1.29, 1.82) is 0 Å². The van der Waals surface area contributed by atoms with Gasteiger partial charge in [-0.05, 0) is 38.8 Å². The summed E-state index contributed by atoms with van der Waals surface area (Å²) in [7, 11) is 0. The van der Waals surface area contributed by atoms with Crippen molar-refractivity contribution in [3.05, 3.63) is 40.8 Å². The summed E-state index contributed by atoms with van der Waals surface area (Å²) in [4.78, 5) is 0. The highest BCUT2D eigenvalue weighted by Gasteiger charge is 2.10. The predicted octanol–water partition coefficient (Wildman–Crippen LogP) is 2.93. The van der Waals surface area contributed by atoms with Crippen LogP contribution in [0.4, 0.5) is 0 Å². The molecule has 0 aromatic carbocycles. The smallest absolute Gasteiger partial charge is 0.0451 e. The highest BCUT2D eigenvalue weighted by molar-refractivity contribution is 5.36. The summed E-state index contributed by atoms with van der Waals surface area (Å²) < 4.78 is 0. The second kappa shape index (κ2) is 4.74. The van der Waals surface area contributed by atoms with E-state index in [1.54, 1.807) is 0 Å². The van der Waals surface area contributed by atoms with E-state index in [9.17, 15) is 0 Å². The first-order chi connectivity index (χ1) is 6.24. The maximum Gasteiger partial charge on any atom is 0.0451 e. The first-order valence-electron chi connectivity index (χ1n) is 4.74. The van der Waals surface area contributed by atoms with Crippen LogP contribution in [0.25, 0.3) is 0 Å². The molecule has 13 heavy (non-hydrogen) atoms. The first-order valence-corrected chi connectivity index (χ1v) is 4.74. The summed E-state index contributed by atoms with van der Waals surface area (Å²) in [6.45, 7) is 7.23. The van der Waals surface area contributed by atoms with Gasteiger partial charge in [0.15, 0.2) is 0 Å². The predicted molar refractivity (Wildman–Crippen MR) is 57.4 cm³/mol. The van der Waals surface area contributed by atoms with E-state index in [4.69, 9.17) is 0 Å². The third-order valence-electron chi connectivity index (χ3n) is 1.87. The van der Waals surface area contributed by atoms with Crippen LogP contribution in [0.3, 0.4) is 0 Å². The van der Waals surface area contributed by atoms with Gasteiger partial charge in [-0.15, -0.1) is 5.73 Å². The maximum absolute atomic E-state index is 3.37. The molecule has 1 heteroatoms. The minimum absolute atomic E-state index is 1.04. The zero-order chi connectivity index (χ0) is 9.68. The quantitative estimate of drug-likeness (QED) is 0.604. The monoisotopic (exact) mass is 175 g/mol. The first kappa shape index (κ1) is 9.88. The van der Waals surface area contributed by atoms with Crippen molar-refractivity contribution in [2.75, 3.05) is 6.54 Å². The van der Waals surface area contributed by atoms with E-state index in [2.05, 4.69) is 37.0 Å². The van der Waals surface area contributed by atoms with Crippen LogP contribution in [0.15, 0.2) is 40.8 Å². The molecule has 0 saturated carbocycles. The fourth-order valence-electron chi connectivity index (χ4n) is 1.35. The Morgan fingerprint density at radius 2 is 2.23 bits per heavy atom. The Labute approximate surface area is 80.5 Å². The van der Waals surface area contributed by atoms with E-state index in [-0.39, 0.29) is 0 Å². The van der Waals surface area contributed by atoms with E-state index in [0.717, 1.165) is 13.0 Å². The lowest BCUT2D eigenvalue weighted by atomic mass is 10.1. The summed E-state index contributed by atoms with van der Waals surface area (Å²) in [6.07, 6.45) is 7.29. The van der Waals surface area contributed by atoms with Gasteiger partial charge >= 0.3 is 0 Å². The van der Waals surface area contributed by atoms with Gasteiger partial charge in [-0.25, -0.2) is 0 Å². The summed E-state index contributed by atoms with van der Waals surface area (Å²) >= 11 is 0. The van der Waals surface area contributed by atoms with Crippen molar-refractivity contribution in [3.8, 4) is 0 Å². The van der Waals surface area contributed by atoms with E-state index in [1.807, 2.05) is 13.0 Å². The minimum atomic E-state index is 1.04. The van der Waals surface area contributed by atoms with Gasteiger partial charge in [-0.3, -0.25) is 0 Å². The van der Waals surface area contributed by atoms with Crippen LogP contribution in [0.5, 0.6) is 0 Å². The van der Waals surface area contributed by atoms with Gasteiger partial charge < -0.3 is 5.32 Å². The maximum atomic E-state index is 3.37. The highest BCUT2D eigenvalue weighted by Crippen LogP contribution is 2.17. The van der Waals surface area contributed by atoms with Crippen molar-refractivity contribution >= 4 is 0 Å². The van der Waals surface area contributed by atoms with Gasteiger partial charge in [0, 0.05) is 17.8 Å². The van der Waals surface area contributed by atoms with Gasteiger partial charge in [0.25, 0.3) is 0 Å². The number of hydrogen-bond acceptors (Lipinski definition) is 1. The Hall–Kier alpha value is -1.20. The van der Waals surface area contributed by atoms with Crippen LogP contribution >= 0.6 is 0 Å². The van der Waals surface area contributed by atoms with Crippen molar-refractivity contribution in [3.63, 3.8) is 0 Å². The number of allylic oxidation sites excluding steroid dienone is 4. The normalized spacial score (nSPS) is 19.3. The molecule has 0 atom stereocenters. The molecule has 1 fully saturated rings. The lowest BCUT2D eigenvalue weighted by Gasteiger charge is -1.96. The lowest BCUT2D eigenvalue weighted by molar-refractivity contribution is 0.915. The SMILES string of the molecule is C/C=C\C=C1\NCCC1=C=C(C)C. The van der Waals surface area contributed by atoms with Gasteiger partial charge in [0.1, 0.15) is 0 Å². The summed E-state index contributed by atoms with van der Waals surface area (Å²) in [6, 6.07) is 0. The summed E-state index contributed by atoms with van der Waals surface area (Å²) in [5.41, 5.74) is 7.14. The zero-order valence-corrected chi connectivity index (χ0v) is 8.65. The molecular weight excluding hydrogens is 158 g/mol. The van der Waals surface area contributed by atoms with E-state index < -0.39 is 0 Å². The van der Waals surface area contributed by atoms with Crippen LogP contribution in [0.2, 0.25) is 0 Å². The topological polar surface area (TPSA) is 12.0 Å². The van der Waals surface area contributed by atoms with Crippen molar-refractivity contribution in [2.24, 2.45) is 0 Å². The zero-order valence-electron chi connectivity index (χ0n) is 8.65. The van der Waals surface area contributed by atoms with Crippen LogP contribution in [-0.2, 0) is 0 Å². The molecule has 0 unspecified atom stereocenters. The third-order valence-corrected chi connectivity index (χ3v) is 1.87. The summed E-state index contributed by atoms with van der Waals surface area (Å²) in [5.74, 6) is 0. The molecule has 1 nitrogen and oxygen atoms in total.